The van der Waals surface area contributed by atoms with Gasteiger partial charge in [0, 0.05) is 11.3 Å². The van der Waals surface area contributed by atoms with Crippen LogP contribution in [-0.4, -0.2) is 45.2 Å². The van der Waals surface area contributed by atoms with Crippen LogP contribution in [0.3, 0.4) is 0 Å². The van der Waals surface area contributed by atoms with E-state index in [1.807, 2.05) is 19.1 Å². The number of carbonyl (C=O) groups excluding carboxylic acids is 2. The zero-order valence-corrected chi connectivity index (χ0v) is 20.7. The van der Waals surface area contributed by atoms with Crippen LogP contribution in [0.5, 0.6) is 23.0 Å². The van der Waals surface area contributed by atoms with Gasteiger partial charge >= 0.3 is 0 Å². The van der Waals surface area contributed by atoms with Crippen LogP contribution in [0, 0.1) is 6.92 Å². The number of amides is 1. The van der Waals surface area contributed by atoms with Crippen LogP contribution in [0.25, 0.3) is 5.76 Å². The van der Waals surface area contributed by atoms with Gasteiger partial charge in [0.2, 0.25) is 5.75 Å². The topological polar surface area (TPSA) is 94.5 Å². The first kappa shape index (κ1) is 24.7. The fraction of sp³-hybridized carbons (Fsp3) is 0.214. The van der Waals surface area contributed by atoms with Crippen molar-refractivity contribution in [3.63, 3.8) is 0 Å². The Balaban J connectivity index is 1.99. The van der Waals surface area contributed by atoms with Gasteiger partial charge in [-0.15, -0.1) is 0 Å². The molecule has 0 spiro atoms. The molecule has 0 bridgehead atoms. The molecule has 3 aromatic rings. The summed E-state index contributed by atoms with van der Waals surface area (Å²) in [6, 6.07) is 16.2. The third-order valence-corrected chi connectivity index (χ3v) is 6.12. The number of aryl methyl sites for hydroxylation is 1. The summed E-state index contributed by atoms with van der Waals surface area (Å²) in [7, 11) is 5.99. The maximum absolute atomic E-state index is 13.4. The van der Waals surface area contributed by atoms with Crippen molar-refractivity contribution in [2.24, 2.45) is 0 Å². The van der Waals surface area contributed by atoms with Gasteiger partial charge in [-0.1, -0.05) is 17.7 Å². The lowest BCUT2D eigenvalue weighted by Crippen LogP contribution is -2.29. The summed E-state index contributed by atoms with van der Waals surface area (Å²) in [5, 5.41) is 11.3. The van der Waals surface area contributed by atoms with E-state index in [1.54, 1.807) is 48.5 Å². The first-order chi connectivity index (χ1) is 17.3. The number of carbonyl (C=O) groups is 2. The minimum Gasteiger partial charge on any atom is -0.507 e. The first-order valence-electron chi connectivity index (χ1n) is 11.2. The third kappa shape index (κ3) is 4.22. The van der Waals surface area contributed by atoms with Gasteiger partial charge in [-0.2, -0.15) is 0 Å². The van der Waals surface area contributed by atoms with Crippen LogP contribution < -0.4 is 23.8 Å². The molecule has 0 saturated carbocycles. The van der Waals surface area contributed by atoms with Crippen LogP contribution in [0.15, 0.2) is 66.2 Å². The summed E-state index contributed by atoms with van der Waals surface area (Å²) in [6.07, 6.45) is 0. The van der Waals surface area contributed by atoms with Crippen molar-refractivity contribution < 1.29 is 33.6 Å². The van der Waals surface area contributed by atoms with Crippen molar-refractivity contribution in [3.05, 3.63) is 82.9 Å². The van der Waals surface area contributed by atoms with Crippen molar-refractivity contribution in [1.29, 1.82) is 0 Å². The van der Waals surface area contributed by atoms with E-state index in [0.29, 0.717) is 39.8 Å². The molecular formula is C28H27NO7. The fourth-order valence-electron chi connectivity index (χ4n) is 4.28. The molecule has 0 aliphatic carbocycles. The van der Waals surface area contributed by atoms with Crippen LogP contribution in [0.4, 0.5) is 5.69 Å². The summed E-state index contributed by atoms with van der Waals surface area (Å²) >= 11 is 0. The fourth-order valence-corrected chi connectivity index (χ4v) is 4.28. The number of rotatable bonds is 7. The summed E-state index contributed by atoms with van der Waals surface area (Å²) < 4.78 is 21.7. The van der Waals surface area contributed by atoms with Gasteiger partial charge in [-0.05, 0) is 61.0 Å². The van der Waals surface area contributed by atoms with Gasteiger partial charge in [-0.25, -0.2) is 0 Å². The van der Waals surface area contributed by atoms with E-state index in [2.05, 4.69) is 0 Å². The van der Waals surface area contributed by atoms with Gasteiger partial charge in [0.15, 0.2) is 11.5 Å². The summed E-state index contributed by atoms with van der Waals surface area (Å²) in [4.78, 5) is 28.1. The van der Waals surface area contributed by atoms with Crippen molar-refractivity contribution in [2.75, 3.05) is 33.3 Å². The monoisotopic (exact) mass is 489 g/mol. The summed E-state index contributed by atoms with van der Waals surface area (Å²) in [5.41, 5.74) is 2.32. The normalized spacial score (nSPS) is 16.7. The van der Waals surface area contributed by atoms with E-state index in [1.165, 1.54) is 33.3 Å². The standard InChI is InChI=1S/C28H27NO7/c1-16-6-10-19(11-7-16)29-24(18-14-21(34-3)27(36-5)22(15-18)35-4)23(26(31)28(29)32)25(30)17-8-12-20(33-2)13-9-17/h6-15,24,30H,1-5H3/b25-23+. The highest BCUT2D eigenvalue weighted by Crippen LogP contribution is 2.47. The Kier molecular flexibility index (Phi) is 6.87. The molecule has 1 N–H and O–H groups in total. The molecule has 1 unspecified atom stereocenters. The van der Waals surface area contributed by atoms with Gasteiger partial charge in [-0.3, -0.25) is 14.5 Å². The van der Waals surface area contributed by atoms with Crippen molar-refractivity contribution in [2.45, 2.75) is 13.0 Å². The molecule has 0 aromatic heterocycles. The summed E-state index contributed by atoms with van der Waals surface area (Å²) in [5.74, 6) is -0.199. The van der Waals surface area contributed by atoms with E-state index in [0.717, 1.165) is 5.56 Å². The number of Topliss-reactive ketones (excluding diaryl/α,β-unsaturated/α-hetero) is 1. The van der Waals surface area contributed by atoms with E-state index in [-0.39, 0.29) is 11.3 Å². The lowest BCUT2D eigenvalue weighted by molar-refractivity contribution is -0.132. The Morgan fingerprint density at radius 2 is 1.39 bits per heavy atom. The van der Waals surface area contributed by atoms with E-state index >= 15 is 0 Å². The van der Waals surface area contributed by atoms with Crippen LogP contribution in [0.2, 0.25) is 0 Å². The van der Waals surface area contributed by atoms with Gasteiger partial charge in [0.05, 0.1) is 40.1 Å². The quantitative estimate of drug-likeness (QED) is 0.293. The largest absolute Gasteiger partial charge is 0.507 e. The second-order valence-corrected chi connectivity index (χ2v) is 8.19. The Morgan fingerprint density at radius 1 is 0.806 bits per heavy atom. The Morgan fingerprint density at radius 3 is 1.89 bits per heavy atom. The van der Waals surface area contributed by atoms with Gasteiger partial charge < -0.3 is 24.1 Å². The highest BCUT2D eigenvalue weighted by Gasteiger charge is 2.47. The molecule has 1 heterocycles. The Hall–Kier alpha value is -4.46. The number of ether oxygens (including phenoxy) is 4. The molecule has 1 atom stereocenters. The van der Waals surface area contributed by atoms with Gasteiger partial charge in [0.25, 0.3) is 11.7 Å². The number of hydrogen-bond acceptors (Lipinski definition) is 7. The molecule has 0 radical (unpaired) electrons. The predicted molar refractivity (Wildman–Crippen MR) is 135 cm³/mol. The maximum atomic E-state index is 13.4. The average Bonchev–Trinajstić information content (AvgIpc) is 3.17. The number of nitrogens with zero attached hydrogens (tertiary/aromatic N) is 1. The highest BCUT2D eigenvalue weighted by atomic mass is 16.5. The number of methoxy groups -OCH3 is 4. The zero-order chi connectivity index (χ0) is 26.0. The predicted octanol–water partition coefficient (Wildman–Crippen LogP) is 4.66. The number of aliphatic hydroxyl groups excluding tert-OH is 1. The maximum Gasteiger partial charge on any atom is 0.300 e. The van der Waals surface area contributed by atoms with Crippen LogP contribution in [0.1, 0.15) is 22.7 Å². The number of ketones is 1. The van der Waals surface area contributed by atoms with Crippen molar-refractivity contribution in [3.8, 4) is 23.0 Å². The number of benzene rings is 3. The molecule has 1 amide bonds. The van der Waals surface area contributed by atoms with Crippen LogP contribution in [-0.2, 0) is 9.59 Å². The molecule has 3 aromatic carbocycles. The third-order valence-electron chi connectivity index (χ3n) is 6.12. The number of aliphatic hydroxyl groups is 1. The summed E-state index contributed by atoms with van der Waals surface area (Å²) in [6.45, 7) is 1.93. The molecule has 36 heavy (non-hydrogen) atoms. The lowest BCUT2D eigenvalue weighted by atomic mass is 9.94. The first-order valence-corrected chi connectivity index (χ1v) is 11.2. The minimum atomic E-state index is -0.955. The molecule has 1 fully saturated rings. The average molecular weight is 490 g/mol. The highest BCUT2D eigenvalue weighted by molar-refractivity contribution is 6.51. The number of anilines is 1. The SMILES string of the molecule is COc1ccc(/C(O)=C2\C(=O)C(=O)N(c3ccc(C)cc3)C2c2cc(OC)c(OC)c(OC)c2)cc1. The molecule has 4 rings (SSSR count). The van der Waals surface area contributed by atoms with E-state index in [4.69, 9.17) is 18.9 Å². The zero-order valence-electron chi connectivity index (χ0n) is 20.7. The molecule has 8 heteroatoms. The van der Waals surface area contributed by atoms with Crippen molar-refractivity contribution in [1.82, 2.24) is 0 Å². The second-order valence-electron chi connectivity index (χ2n) is 8.19. The second kappa shape index (κ2) is 10.0. The van der Waals surface area contributed by atoms with E-state index in [9.17, 15) is 14.7 Å². The molecular weight excluding hydrogens is 462 g/mol. The molecule has 1 saturated heterocycles. The molecule has 1 aliphatic heterocycles. The lowest BCUT2D eigenvalue weighted by Gasteiger charge is -2.26. The Labute approximate surface area is 209 Å². The van der Waals surface area contributed by atoms with Crippen LogP contribution >= 0.6 is 0 Å². The molecule has 1 aliphatic rings. The van der Waals surface area contributed by atoms with Crippen molar-refractivity contribution >= 4 is 23.1 Å². The van der Waals surface area contributed by atoms with E-state index < -0.39 is 17.7 Å². The minimum absolute atomic E-state index is 0.0555. The Bertz CT molecular complexity index is 1300. The molecule has 186 valence electrons. The number of hydrogen-bond donors (Lipinski definition) is 1. The van der Waals surface area contributed by atoms with Gasteiger partial charge in [0.1, 0.15) is 11.5 Å². The smallest absolute Gasteiger partial charge is 0.300 e. The molecule has 8 nitrogen and oxygen atoms in total.